The van der Waals surface area contributed by atoms with Crippen molar-refractivity contribution in [1.82, 2.24) is 18.9 Å². The number of alkyl halides is 1. The Labute approximate surface area is 356 Å². The molecule has 7 aromatic rings. The quantitative estimate of drug-likeness (QED) is 0.0422. The summed E-state index contributed by atoms with van der Waals surface area (Å²) in [7, 11) is -1.39. The van der Waals surface area contributed by atoms with Crippen LogP contribution in [0.5, 0.6) is 0 Å². The number of ether oxygens (including phenoxy) is 3. The third kappa shape index (κ3) is 6.37. The first-order valence-corrected chi connectivity index (χ1v) is 25.6. The fourth-order valence-corrected chi connectivity index (χ4v) is 10.9. The Morgan fingerprint density at radius 1 is 0.729 bits per heavy atom. The van der Waals surface area contributed by atoms with E-state index in [0.29, 0.717) is 35.1 Å². The van der Waals surface area contributed by atoms with Gasteiger partial charge in [-0.05, 0) is 29.3 Å². The fraction of sp³-hybridized carbons (Fsp3) is 0.298. The van der Waals surface area contributed by atoms with Gasteiger partial charge in [0.05, 0.1) is 45.8 Å². The molecule has 0 unspecified atom stereocenters. The van der Waals surface area contributed by atoms with E-state index in [0.717, 1.165) is 60.8 Å². The molecule has 12 heteroatoms. The molecule has 0 spiro atoms. The van der Waals surface area contributed by atoms with Gasteiger partial charge in [-0.1, -0.05) is 139 Å². The molecule has 3 amide bonds. The molecular weight excluding hydrogens is 872 g/mol. The summed E-state index contributed by atoms with van der Waals surface area (Å²) >= 11 is 2.33. The van der Waals surface area contributed by atoms with Crippen LogP contribution >= 0.6 is 22.6 Å². The van der Waals surface area contributed by atoms with Crippen molar-refractivity contribution in [3.05, 3.63) is 131 Å². The maximum Gasteiger partial charge on any atom is 0.410 e. The van der Waals surface area contributed by atoms with Crippen LogP contribution in [0, 0.1) is 0 Å². The third-order valence-corrected chi connectivity index (χ3v) is 14.8. The van der Waals surface area contributed by atoms with E-state index in [1.165, 1.54) is 4.90 Å². The van der Waals surface area contributed by atoms with Gasteiger partial charge >= 0.3 is 6.09 Å². The Bertz CT molecular complexity index is 2800. The number of para-hydroxylation sites is 2. The van der Waals surface area contributed by atoms with Gasteiger partial charge in [0.25, 0.3) is 11.8 Å². The highest BCUT2D eigenvalue weighted by Gasteiger charge is 2.52. The third-order valence-electron chi connectivity index (χ3n) is 12.2. The van der Waals surface area contributed by atoms with E-state index < -0.39 is 20.4 Å². The van der Waals surface area contributed by atoms with Crippen molar-refractivity contribution in [2.45, 2.75) is 76.4 Å². The van der Waals surface area contributed by atoms with Crippen LogP contribution in [-0.4, -0.2) is 74.2 Å². The Morgan fingerprint density at radius 2 is 1.31 bits per heavy atom. The number of aromatic nitrogens is 2. The van der Waals surface area contributed by atoms with Crippen LogP contribution in [0.15, 0.2) is 109 Å². The maximum absolute atomic E-state index is 15.0. The number of nitrogens with zero attached hydrogens (tertiary/aromatic N) is 4. The number of imide groups is 1. The van der Waals surface area contributed by atoms with Gasteiger partial charge in [0.2, 0.25) is 0 Å². The predicted molar refractivity (Wildman–Crippen MR) is 241 cm³/mol. The monoisotopic (exact) mass is 916 g/mol. The molecule has 3 aliphatic heterocycles. The van der Waals surface area contributed by atoms with Gasteiger partial charge in [-0.2, -0.15) is 0 Å². The topological polar surface area (TPSA) is 95.2 Å². The smallest absolute Gasteiger partial charge is 0.410 e. The molecule has 4 atom stereocenters. The van der Waals surface area contributed by atoms with E-state index in [1.807, 2.05) is 102 Å². The number of fused-ring (bicyclic) bond motifs is 11. The first-order chi connectivity index (χ1) is 28.6. The van der Waals surface area contributed by atoms with Crippen LogP contribution in [0.1, 0.15) is 44.5 Å². The standard InChI is InChI=1S/C47H45IN4O6Si/c1-59(2,3)23-22-56-28-51-33-20-12-10-18-31(33)38-40-41(46(54)50(45(40)53)27-30-16-8-5-9-17-30)39-32-19-11-13-21-34(32)52(43(39)42(38)51)37-24-35-44(36(25-48)57-37)58-47(55)49(35)26-29-14-6-4-7-15-29/h4-21,35-37,44H,22-28H2,1-3H3/t35-,36+,37-,44-/m0/s1. The van der Waals surface area contributed by atoms with Crippen molar-refractivity contribution in [2.24, 2.45) is 0 Å². The van der Waals surface area contributed by atoms with Crippen LogP contribution in [-0.2, 0) is 34.0 Å². The van der Waals surface area contributed by atoms with E-state index >= 15 is 4.79 Å². The Morgan fingerprint density at radius 3 is 1.95 bits per heavy atom. The van der Waals surface area contributed by atoms with E-state index in [4.69, 9.17) is 14.2 Å². The molecule has 300 valence electrons. The lowest BCUT2D eigenvalue weighted by Gasteiger charge is -2.39. The fourth-order valence-electron chi connectivity index (χ4n) is 9.42. The Balaban J connectivity index is 1.23. The summed E-state index contributed by atoms with van der Waals surface area (Å²) in [5.41, 5.74) is 6.16. The van der Waals surface area contributed by atoms with E-state index in [-0.39, 0.29) is 43.3 Å². The van der Waals surface area contributed by atoms with Crippen molar-refractivity contribution in [3.8, 4) is 0 Å². The van der Waals surface area contributed by atoms with Crippen LogP contribution in [0.2, 0.25) is 25.7 Å². The minimum Gasteiger partial charge on any atom is -0.441 e. The molecule has 3 aliphatic rings. The summed E-state index contributed by atoms with van der Waals surface area (Å²) in [6, 6.07) is 36.6. The van der Waals surface area contributed by atoms with Gasteiger partial charge in [0, 0.05) is 53.6 Å². The van der Waals surface area contributed by atoms with Crippen molar-refractivity contribution in [3.63, 3.8) is 0 Å². The summed E-state index contributed by atoms with van der Waals surface area (Å²) in [6.45, 7) is 8.48. The average Bonchev–Trinajstić information content (AvgIpc) is 3.93. The van der Waals surface area contributed by atoms with E-state index in [9.17, 15) is 9.59 Å². The van der Waals surface area contributed by atoms with Crippen molar-refractivity contribution < 1.29 is 28.6 Å². The zero-order valence-corrected chi connectivity index (χ0v) is 36.4. The maximum atomic E-state index is 15.0. The number of amides is 3. The van der Waals surface area contributed by atoms with Crippen LogP contribution in [0.4, 0.5) is 4.79 Å². The number of carbonyl (C=O) groups is 3. The predicted octanol–water partition coefficient (Wildman–Crippen LogP) is 10.1. The largest absolute Gasteiger partial charge is 0.441 e. The van der Waals surface area contributed by atoms with Gasteiger partial charge in [-0.25, -0.2) is 4.79 Å². The molecule has 0 saturated carbocycles. The molecule has 0 aliphatic carbocycles. The molecule has 10 nitrogen and oxygen atoms in total. The minimum atomic E-state index is -1.39. The normalized spacial score (nSPS) is 20.7. The van der Waals surface area contributed by atoms with Crippen molar-refractivity contribution in [2.75, 3.05) is 11.0 Å². The Kier molecular flexibility index (Phi) is 9.65. The molecule has 5 heterocycles. The number of hydrogen-bond acceptors (Lipinski definition) is 6. The number of halogens is 1. The van der Waals surface area contributed by atoms with E-state index in [2.05, 4.69) is 63.5 Å². The van der Waals surface area contributed by atoms with Gasteiger partial charge in [-0.3, -0.25) is 19.4 Å². The second-order valence-corrected chi connectivity index (χ2v) is 23.6. The second kappa shape index (κ2) is 14.9. The van der Waals surface area contributed by atoms with Crippen LogP contribution in [0.25, 0.3) is 43.6 Å². The summed E-state index contributed by atoms with van der Waals surface area (Å²) < 4.78 is 24.8. The van der Waals surface area contributed by atoms with Gasteiger partial charge < -0.3 is 23.3 Å². The van der Waals surface area contributed by atoms with Gasteiger partial charge in [-0.15, -0.1) is 0 Å². The highest BCUT2D eigenvalue weighted by Crippen LogP contribution is 2.49. The molecule has 2 saturated heterocycles. The number of benzene rings is 5. The Hall–Kier alpha value is -5.02. The number of carbonyl (C=O) groups excluding carboxylic acids is 3. The molecule has 0 N–H and O–H groups in total. The lowest BCUT2D eigenvalue weighted by molar-refractivity contribution is -0.134. The molecule has 0 bridgehead atoms. The molecule has 2 aromatic heterocycles. The highest BCUT2D eigenvalue weighted by atomic mass is 127. The van der Waals surface area contributed by atoms with Crippen LogP contribution < -0.4 is 0 Å². The first kappa shape index (κ1) is 38.2. The zero-order valence-electron chi connectivity index (χ0n) is 33.3. The lowest BCUT2D eigenvalue weighted by Crippen LogP contribution is -2.49. The second-order valence-electron chi connectivity index (χ2n) is 17.1. The molecule has 59 heavy (non-hydrogen) atoms. The molecular formula is C47H45IN4O6Si. The SMILES string of the molecule is C[Si](C)(C)CCOCn1c2ccccc2c2c3c(c4c5ccccc5n([C@@H]5C[C@H]6[C@H](OC(=O)N6Cc6ccccc6)[C@@H](CI)O5)c4c21)C(=O)N(Cc1ccccc1)C3=O. The summed E-state index contributed by atoms with van der Waals surface area (Å²) in [4.78, 5) is 46.9. The number of hydrogen-bond donors (Lipinski definition) is 0. The van der Waals surface area contributed by atoms with Gasteiger partial charge in [0.1, 0.15) is 19.1 Å². The van der Waals surface area contributed by atoms with Gasteiger partial charge in [0.15, 0.2) is 6.10 Å². The summed E-state index contributed by atoms with van der Waals surface area (Å²) in [6.07, 6.45) is -1.25. The molecule has 10 rings (SSSR count). The highest BCUT2D eigenvalue weighted by molar-refractivity contribution is 14.1. The van der Waals surface area contributed by atoms with Crippen molar-refractivity contribution >= 4 is 92.2 Å². The molecule has 2 fully saturated rings. The lowest BCUT2D eigenvalue weighted by atomic mass is 9.96. The van der Waals surface area contributed by atoms with Crippen LogP contribution in [0.3, 0.4) is 0 Å². The zero-order chi connectivity index (χ0) is 40.6. The molecule has 5 aromatic carbocycles. The first-order valence-electron chi connectivity index (χ1n) is 20.3. The summed E-state index contributed by atoms with van der Waals surface area (Å²) in [5.74, 6) is -0.620. The molecule has 0 radical (unpaired) electrons. The minimum absolute atomic E-state index is 0.157. The average molecular weight is 917 g/mol. The van der Waals surface area contributed by atoms with E-state index in [1.54, 1.807) is 0 Å². The summed E-state index contributed by atoms with van der Waals surface area (Å²) in [5, 5.41) is 3.20. The van der Waals surface area contributed by atoms with Crippen molar-refractivity contribution in [1.29, 1.82) is 0 Å². The number of rotatable bonds is 11.